The van der Waals surface area contributed by atoms with E-state index in [0.717, 1.165) is 5.92 Å². The predicted octanol–water partition coefficient (Wildman–Crippen LogP) is 4.00. The van der Waals surface area contributed by atoms with Gasteiger partial charge in [0.05, 0.1) is 0 Å². The maximum absolute atomic E-state index is 5.92. The van der Waals surface area contributed by atoms with Crippen molar-refractivity contribution in [3.05, 3.63) is 12.7 Å². The number of hydrogen-bond donors (Lipinski definition) is 0. The van der Waals surface area contributed by atoms with Gasteiger partial charge in [-0.25, -0.2) is 0 Å². The summed E-state index contributed by atoms with van der Waals surface area (Å²) in [6.07, 6.45) is 8.90. The number of hydrogen-bond acceptors (Lipinski definition) is 0. The monoisotopic (exact) mass is 186 g/mol. The topological polar surface area (TPSA) is 0 Å². The first-order chi connectivity index (χ1) is 5.70. The molecule has 1 aliphatic carbocycles. The number of halogens is 1. The summed E-state index contributed by atoms with van der Waals surface area (Å²) in [7, 11) is 0. The highest BCUT2D eigenvalue weighted by Crippen LogP contribution is 2.36. The molecule has 0 saturated heterocycles. The molecule has 0 spiro atoms. The van der Waals surface area contributed by atoms with Crippen molar-refractivity contribution in [2.24, 2.45) is 11.3 Å². The number of rotatable bonds is 4. The van der Waals surface area contributed by atoms with Crippen LogP contribution in [0.2, 0.25) is 0 Å². The molecule has 1 saturated carbocycles. The van der Waals surface area contributed by atoms with E-state index < -0.39 is 0 Å². The van der Waals surface area contributed by atoms with Crippen LogP contribution >= 0.6 is 11.6 Å². The molecule has 0 amide bonds. The van der Waals surface area contributed by atoms with E-state index in [2.05, 4.69) is 13.5 Å². The molecule has 1 aliphatic rings. The molecule has 0 nitrogen and oxygen atoms in total. The smallest absolute Gasteiger partial charge is 0.0311 e. The molecule has 0 aromatic rings. The van der Waals surface area contributed by atoms with Crippen molar-refractivity contribution in [2.45, 2.75) is 39.0 Å². The van der Waals surface area contributed by atoms with Gasteiger partial charge < -0.3 is 0 Å². The van der Waals surface area contributed by atoms with Crippen LogP contribution < -0.4 is 0 Å². The minimum Gasteiger partial charge on any atom is -0.126 e. The van der Waals surface area contributed by atoms with Crippen molar-refractivity contribution in [1.82, 2.24) is 0 Å². The largest absolute Gasteiger partial charge is 0.126 e. The standard InChI is InChI=1S/C11H19Cl/c1-3-11(2,9-12)8-10-6-4-5-7-10/h3,10H,1,4-9H2,2H3. The molecule has 1 fully saturated rings. The second-order valence-electron chi connectivity index (χ2n) is 4.35. The van der Waals surface area contributed by atoms with Gasteiger partial charge in [-0.3, -0.25) is 0 Å². The Balaban J connectivity index is 2.40. The maximum atomic E-state index is 5.92. The van der Waals surface area contributed by atoms with Crippen LogP contribution in [-0.2, 0) is 0 Å². The fourth-order valence-corrected chi connectivity index (χ4v) is 2.28. The minimum absolute atomic E-state index is 0.177. The molecule has 1 atom stereocenters. The molecule has 0 heterocycles. The van der Waals surface area contributed by atoms with Gasteiger partial charge >= 0.3 is 0 Å². The maximum Gasteiger partial charge on any atom is 0.0311 e. The fourth-order valence-electron chi connectivity index (χ4n) is 2.07. The zero-order chi connectivity index (χ0) is 9.03. The van der Waals surface area contributed by atoms with Gasteiger partial charge in [0.2, 0.25) is 0 Å². The summed E-state index contributed by atoms with van der Waals surface area (Å²) in [5.74, 6) is 1.62. The Morgan fingerprint density at radius 3 is 2.50 bits per heavy atom. The van der Waals surface area contributed by atoms with Gasteiger partial charge in [0.15, 0.2) is 0 Å². The van der Waals surface area contributed by atoms with Gasteiger partial charge in [-0.15, -0.1) is 18.2 Å². The Morgan fingerprint density at radius 1 is 1.50 bits per heavy atom. The first-order valence-corrected chi connectivity index (χ1v) is 5.43. The average Bonchev–Trinajstić information content (AvgIpc) is 2.57. The molecule has 1 unspecified atom stereocenters. The molecule has 1 heteroatoms. The summed E-state index contributed by atoms with van der Waals surface area (Å²) in [6, 6.07) is 0. The summed E-state index contributed by atoms with van der Waals surface area (Å²) in [5, 5.41) is 0. The number of alkyl halides is 1. The summed E-state index contributed by atoms with van der Waals surface area (Å²) in [6.45, 7) is 6.07. The molecule has 70 valence electrons. The van der Waals surface area contributed by atoms with E-state index in [9.17, 15) is 0 Å². The average molecular weight is 187 g/mol. The quantitative estimate of drug-likeness (QED) is 0.460. The molecule has 12 heavy (non-hydrogen) atoms. The van der Waals surface area contributed by atoms with E-state index in [1.807, 2.05) is 6.08 Å². The lowest BCUT2D eigenvalue weighted by Crippen LogP contribution is -2.18. The van der Waals surface area contributed by atoms with E-state index in [1.54, 1.807) is 0 Å². The normalized spacial score (nSPS) is 23.8. The molecular weight excluding hydrogens is 168 g/mol. The first kappa shape index (κ1) is 10.1. The van der Waals surface area contributed by atoms with Crippen LogP contribution in [0.15, 0.2) is 12.7 Å². The Bertz CT molecular complexity index is 147. The number of allylic oxidation sites excluding steroid dienone is 1. The molecule has 0 bridgehead atoms. The van der Waals surface area contributed by atoms with Crippen LogP contribution in [0, 0.1) is 11.3 Å². The highest BCUT2D eigenvalue weighted by Gasteiger charge is 2.26. The van der Waals surface area contributed by atoms with Crippen LogP contribution in [0.25, 0.3) is 0 Å². The van der Waals surface area contributed by atoms with Gasteiger partial charge in [-0.05, 0) is 17.8 Å². The molecule has 0 aliphatic heterocycles. The third-order valence-electron chi connectivity index (χ3n) is 3.03. The third kappa shape index (κ3) is 2.52. The second-order valence-corrected chi connectivity index (χ2v) is 4.61. The second kappa shape index (κ2) is 4.32. The van der Waals surface area contributed by atoms with Crippen molar-refractivity contribution in [3.63, 3.8) is 0 Å². The predicted molar refractivity (Wildman–Crippen MR) is 55.6 cm³/mol. The van der Waals surface area contributed by atoms with E-state index >= 15 is 0 Å². The van der Waals surface area contributed by atoms with E-state index in [-0.39, 0.29) is 5.41 Å². The summed E-state index contributed by atoms with van der Waals surface area (Å²) < 4.78 is 0. The van der Waals surface area contributed by atoms with Gasteiger partial charge in [0.25, 0.3) is 0 Å². The molecule has 0 radical (unpaired) electrons. The zero-order valence-electron chi connectivity index (χ0n) is 7.98. The van der Waals surface area contributed by atoms with Crippen molar-refractivity contribution < 1.29 is 0 Å². The summed E-state index contributed by atoms with van der Waals surface area (Å²) >= 11 is 5.92. The molecular formula is C11H19Cl. The fraction of sp³-hybridized carbons (Fsp3) is 0.818. The third-order valence-corrected chi connectivity index (χ3v) is 3.64. The summed E-state index contributed by atoms with van der Waals surface area (Å²) in [4.78, 5) is 0. The lowest BCUT2D eigenvalue weighted by atomic mass is 9.82. The summed E-state index contributed by atoms with van der Waals surface area (Å²) in [5.41, 5.74) is 0.177. The van der Waals surface area contributed by atoms with Crippen LogP contribution in [-0.4, -0.2) is 5.88 Å². The van der Waals surface area contributed by atoms with Crippen molar-refractivity contribution in [2.75, 3.05) is 5.88 Å². The van der Waals surface area contributed by atoms with Crippen LogP contribution in [0.1, 0.15) is 39.0 Å². The lowest BCUT2D eigenvalue weighted by Gasteiger charge is -2.26. The SMILES string of the molecule is C=CC(C)(CCl)CC1CCCC1. The van der Waals surface area contributed by atoms with Gasteiger partial charge in [0, 0.05) is 5.88 Å². The first-order valence-electron chi connectivity index (χ1n) is 4.90. The van der Waals surface area contributed by atoms with Crippen molar-refractivity contribution in [1.29, 1.82) is 0 Å². The Hall–Kier alpha value is 0.0300. The molecule has 0 aromatic heterocycles. The van der Waals surface area contributed by atoms with Gasteiger partial charge in [-0.1, -0.05) is 38.7 Å². The lowest BCUT2D eigenvalue weighted by molar-refractivity contribution is 0.341. The van der Waals surface area contributed by atoms with Crippen molar-refractivity contribution >= 4 is 11.6 Å². The van der Waals surface area contributed by atoms with Gasteiger partial charge in [-0.2, -0.15) is 0 Å². The van der Waals surface area contributed by atoms with Crippen molar-refractivity contribution in [3.8, 4) is 0 Å². The van der Waals surface area contributed by atoms with E-state index in [4.69, 9.17) is 11.6 Å². The highest BCUT2D eigenvalue weighted by molar-refractivity contribution is 6.18. The van der Waals surface area contributed by atoms with Crippen LogP contribution in [0.5, 0.6) is 0 Å². The Labute approximate surface area is 81.0 Å². The zero-order valence-corrected chi connectivity index (χ0v) is 8.74. The Kier molecular flexibility index (Phi) is 3.64. The molecule has 0 N–H and O–H groups in total. The minimum atomic E-state index is 0.177. The van der Waals surface area contributed by atoms with E-state index in [1.165, 1.54) is 32.1 Å². The molecule has 0 aromatic carbocycles. The van der Waals surface area contributed by atoms with Gasteiger partial charge in [0.1, 0.15) is 0 Å². The van der Waals surface area contributed by atoms with Crippen LogP contribution in [0.3, 0.4) is 0 Å². The van der Waals surface area contributed by atoms with Crippen LogP contribution in [0.4, 0.5) is 0 Å². The van der Waals surface area contributed by atoms with E-state index in [0.29, 0.717) is 5.88 Å². The molecule has 1 rings (SSSR count). The highest BCUT2D eigenvalue weighted by atomic mass is 35.5. The Morgan fingerprint density at radius 2 is 2.08 bits per heavy atom.